The number of anilines is 1. The van der Waals surface area contributed by atoms with E-state index in [0.29, 0.717) is 29.5 Å². The summed E-state index contributed by atoms with van der Waals surface area (Å²) in [7, 11) is -3.58. The predicted octanol–water partition coefficient (Wildman–Crippen LogP) is 6.06. The molecule has 0 unspecified atom stereocenters. The van der Waals surface area contributed by atoms with Gasteiger partial charge in [-0.2, -0.15) is 4.31 Å². The van der Waals surface area contributed by atoms with E-state index < -0.39 is 10.0 Å². The highest BCUT2D eigenvalue weighted by atomic mass is 79.9. The van der Waals surface area contributed by atoms with Gasteiger partial charge in [0.25, 0.3) is 5.91 Å². The van der Waals surface area contributed by atoms with E-state index in [-0.39, 0.29) is 17.3 Å². The first-order valence-corrected chi connectivity index (χ1v) is 14.5. The minimum absolute atomic E-state index is 0.207. The molecule has 10 heteroatoms. The third-order valence-electron chi connectivity index (χ3n) is 6.01. The molecule has 1 aliphatic heterocycles. The van der Waals surface area contributed by atoms with Crippen LogP contribution in [-0.4, -0.2) is 36.7 Å². The largest absolute Gasteiger partial charge is 0.467 e. The van der Waals surface area contributed by atoms with Gasteiger partial charge in [-0.25, -0.2) is 13.4 Å². The Morgan fingerprint density at radius 3 is 2.49 bits per heavy atom. The molecule has 35 heavy (non-hydrogen) atoms. The van der Waals surface area contributed by atoms with Crippen molar-refractivity contribution in [2.24, 2.45) is 0 Å². The lowest BCUT2D eigenvalue weighted by molar-refractivity contribution is 0.0983. The Bertz CT molecular complexity index is 1430. The Balaban J connectivity index is 1.45. The molecule has 3 heterocycles. The summed E-state index contributed by atoms with van der Waals surface area (Å²) in [6.07, 6.45) is 5.41. The monoisotopic (exact) mass is 573 g/mol. The first-order chi connectivity index (χ1) is 16.9. The molecule has 0 spiro atoms. The number of hydrogen-bond donors (Lipinski definition) is 0. The molecule has 0 saturated carbocycles. The van der Waals surface area contributed by atoms with Gasteiger partial charge >= 0.3 is 0 Å². The standard InChI is InChI=1S/C25H24BrN3O4S2/c26-19-9-12-22-23(16-19)34-25(27-22)29(17-20-6-5-15-33-20)24(30)18-7-10-21(11-8-18)35(31,32)28-13-3-1-2-4-14-28/h5-12,15-16H,1-4,13-14,17H2. The summed E-state index contributed by atoms with van der Waals surface area (Å²) >= 11 is 4.89. The molecular weight excluding hydrogens is 550 g/mol. The quantitative estimate of drug-likeness (QED) is 0.280. The van der Waals surface area contributed by atoms with Gasteiger partial charge in [-0.05, 0) is 67.4 Å². The number of fused-ring (bicyclic) bond motifs is 1. The highest BCUT2D eigenvalue weighted by Gasteiger charge is 2.27. The summed E-state index contributed by atoms with van der Waals surface area (Å²) < 4.78 is 35.2. The Morgan fingerprint density at radius 2 is 1.80 bits per heavy atom. The number of rotatable bonds is 6. The van der Waals surface area contributed by atoms with Gasteiger partial charge < -0.3 is 4.42 Å². The van der Waals surface area contributed by atoms with Gasteiger partial charge in [0.2, 0.25) is 10.0 Å². The van der Waals surface area contributed by atoms with Crippen LogP contribution in [0.4, 0.5) is 5.13 Å². The summed E-state index contributed by atoms with van der Waals surface area (Å²) in [5.41, 5.74) is 1.18. The number of furan rings is 1. The Labute approximate surface area is 216 Å². The van der Waals surface area contributed by atoms with Crippen molar-refractivity contribution in [1.82, 2.24) is 9.29 Å². The van der Waals surface area contributed by atoms with E-state index in [1.807, 2.05) is 18.2 Å². The second-order valence-electron chi connectivity index (χ2n) is 8.42. The Kier molecular flexibility index (Phi) is 7.06. The molecule has 1 saturated heterocycles. The van der Waals surface area contributed by atoms with Crippen LogP contribution in [0.5, 0.6) is 0 Å². The van der Waals surface area contributed by atoms with Crippen molar-refractivity contribution in [3.8, 4) is 0 Å². The van der Waals surface area contributed by atoms with E-state index in [1.165, 1.54) is 23.5 Å². The van der Waals surface area contributed by atoms with Gasteiger partial charge in [-0.3, -0.25) is 9.69 Å². The molecule has 1 aliphatic rings. The van der Waals surface area contributed by atoms with E-state index in [2.05, 4.69) is 20.9 Å². The van der Waals surface area contributed by atoms with Crippen LogP contribution in [0.2, 0.25) is 0 Å². The number of sulfonamides is 1. The molecular formula is C25H24BrN3O4S2. The molecule has 1 fully saturated rings. The summed E-state index contributed by atoms with van der Waals surface area (Å²) in [5.74, 6) is 0.345. The third kappa shape index (κ3) is 5.20. The third-order valence-corrected chi connectivity index (χ3v) is 9.46. The molecule has 0 N–H and O–H groups in total. The average molecular weight is 575 g/mol. The number of aromatic nitrogens is 1. The van der Waals surface area contributed by atoms with E-state index in [0.717, 1.165) is 40.4 Å². The van der Waals surface area contributed by atoms with Crippen LogP contribution in [0, 0.1) is 0 Å². The minimum atomic E-state index is -3.58. The highest BCUT2D eigenvalue weighted by Crippen LogP contribution is 2.33. The SMILES string of the molecule is O=C(c1ccc(S(=O)(=O)N2CCCCCC2)cc1)N(Cc1ccco1)c1nc2ccc(Br)cc2s1. The summed E-state index contributed by atoms with van der Waals surface area (Å²) in [6.45, 7) is 1.28. The molecule has 4 aromatic rings. The molecule has 0 bridgehead atoms. The van der Waals surface area contributed by atoms with E-state index in [1.54, 1.807) is 39.7 Å². The molecule has 7 nitrogen and oxygen atoms in total. The maximum atomic E-state index is 13.6. The minimum Gasteiger partial charge on any atom is -0.467 e. The Hall–Kier alpha value is -2.53. The lowest BCUT2D eigenvalue weighted by atomic mass is 10.2. The number of hydrogen-bond acceptors (Lipinski definition) is 6. The number of halogens is 1. The molecule has 0 radical (unpaired) electrons. The lowest BCUT2D eigenvalue weighted by Gasteiger charge is -2.21. The first kappa shape index (κ1) is 24.2. The van der Waals surface area contributed by atoms with Gasteiger partial charge in [-0.1, -0.05) is 40.1 Å². The van der Waals surface area contributed by atoms with Crippen molar-refractivity contribution in [1.29, 1.82) is 0 Å². The maximum absolute atomic E-state index is 13.6. The van der Waals surface area contributed by atoms with Crippen molar-refractivity contribution in [2.75, 3.05) is 18.0 Å². The van der Waals surface area contributed by atoms with Crippen molar-refractivity contribution in [3.63, 3.8) is 0 Å². The summed E-state index contributed by atoms with van der Waals surface area (Å²) in [6, 6.07) is 15.6. The second kappa shape index (κ2) is 10.2. The number of nitrogens with zero attached hydrogens (tertiary/aromatic N) is 3. The number of amides is 1. The summed E-state index contributed by atoms with van der Waals surface area (Å²) in [5, 5.41) is 0.542. The Morgan fingerprint density at radius 1 is 1.06 bits per heavy atom. The van der Waals surface area contributed by atoms with Crippen LogP contribution < -0.4 is 4.90 Å². The van der Waals surface area contributed by atoms with Gasteiger partial charge in [0.15, 0.2) is 5.13 Å². The number of carbonyl (C=O) groups is 1. The van der Waals surface area contributed by atoms with Crippen molar-refractivity contribution < 1.29 is 17.6 Å². The summed E-state index contributed by atoms with van der Waals surface area (Å²) in [4.78, 5) is 20.0. The van der Waals surface area contributed by atoms with Crippen LogP contribution in [0.3, 0.4) is 0 Å². The van der Waals surface area contributed by atoms with Crippen molar-refractivity contribution >= 4 is 58.5 Å². The molecule has 182 valence electrons. The fraction of sp³-hybridized carbons (Fsp3) is 0.280. The van der Waals surface area contributed by atoms with Gasteiger partial charge in [0, 0.05) is 23.1 Å². The second-order valence-corrected chi connectivity index (χ2v) is 12.3. The van der Waals surface area contributed by atoms with Crippen LogP contribution in [0.15, 0.2) is 74.6 Å². The fourth-order valence-corrected chi connectivity index (χ4v) is 7.18. The maximum Gasteiger partial charge on any atom is 0.260 e. The number of thiazole rings is 1. The molecule has 0 atom stereocenters. The van der Waals surface area contributed by atoms with Gasteiger partial charge in [-0.15, -0.1) is 0 Å². The van der Waals surface area contributed by atoms with Gasteiger partial charge in [0.05, 0.1) is 27.9 Å². The number of benzene rings is 2. The van der Waals surface area contributed by atoms with E-state index >= 15 is 0 Å². The highest BCUT2D eigenvalue weighted by molar-refractivity contribution is 9.10. The molecule has 0 aliphatic carbocycles. The first-order valence-electron chi connectivity index (χ1n) is 11.4. The van der Waals surface area contributed by atoms with Crippen molar-refractivity contribution in [3.05, 3.63) is 76.7 Å². The smallest absolute Gasteiger partial charge is 0.260 e. The van der Waals surface area contributed by atoms with Gasteiger partial charge in [0.1, 0.15) is 5.76 Å². The fourth-order valence-electron chi connectivity index (χ4n) is 4.14. The number of carbonyl (C=O) groups excluding carboxylic acids is 1. The molecule has 1 amide bonds. The zero-order chi connectivity index (χ0) is 24.4. The molecule has 2 aromatic carbocycles. The van der Waals surface area contributed by atoms with Crippen LogP contribution in [0.25, 0.3) is 10.2 Å². The molecule has 5 rings (SSSR count). The van der Waals surface area contributed by atoms with Crippen molar-refractivity contribution in [2.45, 2.75) is 37.1 Å². The molecule has 2 aromatic heterocycles. The normalized spacial score (nSPS) is 15.2. The van der Waals surface area contributed by atoms with Crippen LogP contribution in [0.1, 0.15) is 41.8 Å². The average Bonchev–Trinajstić information content (AvgIpc) is 3.43. The van der Waals surface area contributed by atoms with Crippen LogP contribution >= 0.6 is 27.3 Å². The van der Waals surface area contributed by atoms with E-state index in [9.17, 15) is 13.2 Å². The zero-order valence-electron chi connectivity index (χ0n) is 18.9. The predicted molar refractivity (Wildman–Crippen MR) is 140 cm³/mol. The van der Waals surface area contributed by atoms with Crippen LogP contribution in [-0.2, 0) is 16.6 Å². The zero-order valence-corrected chi connectivity index (χ0v) is 22.1. The lowest BCUT2D eigenvalue weighted by Crippen LogP contribution is -2.32. The van der Waals surface area contributed by atoms with E-state index in [4.69, 9.17) is 4.42 Å². The topological polar surface area (TPSA) is 83.7 Å².